The first-order valence-corrected chi connectivity index (χ1v) is 6.28. The van der Waals surface area contributed by atoms with E-state index >= 15 is 0 Å². The second-order valence-electron chi connectivity index (χ2n) is 4.30. The Morgan fingerprint density at radius 2 is 1.38 bits per heavy atom. The highest BCUT2D eigenvalue weighted by Crippen LogP contribution is 2.13. The third kappa shape index (κ3) is 4.15. The predicted octanol–water partition coefficient (Wildman–Crippen LogP) is 4.19. The number of benzene rings is 2. The number of nitrogens with zero attached hydrogens (tertiary/aromatic N) is 2. The van der Waals surface area contributed by atoms with Crippen molar-refractivity contribution in [2.75, 3.05) is 0 Å². The summed E-state index contributed by atoms with van der Waals surface area (Å²) >= 11 is 0. The van der Waals surface area contributed by atoms with E-state index in [1.165, 1.54) is 12.1 Å². The first-order valence-electron chi connectivity index (χ1n) is 6.28. The SMILES string of the molecule is N#Cc1ccc(/C=C/C=C/c2ccc([N+](=O)[O-])cc2)cc1. The fourth-order valence-corrected chi connectivity index (χ4v) is 1.71. The summed E-state index contributed by atoms with van der Waals surface area (Å²) in [5.41, 5.74) is 2.61. The number of nitro benzene ring substituents is 1. The number of hydrogen-bond acceptors (Lipinski definition) is 3. The number of allylic oxidation sites excluding steroid dienone is 2. The van der Waals surface area contributed by atoms with Gasteiger partial charge in [0, 0.05) is 12.1 Å². The van der Waals surface area contributed by atoms with Crippen LogP contribution in [0.3, 0.4) is 0 Å². The van der Waals surface area contributed by atoms with E-state index in [2.05, 4.69) is 6.07 Å². The average molecular weight is 276 g/mol. The van der Waals surface area contributed by atoms with Crippen LogP contribution in [0.2, 0.25) is 0 Å². The Bertz CT molecular complexity index is 721. The number of nitriles is 1. The maximum Gasteiger partial charge on any atom is 0.269 e. The lowest BCUT2D eigenvalue weighted by Gasteiger charge is -1.93. The predicted molar refractivity (Wildman–Crippen MR) is 82.3 cm³/mol. The van der Waals surface area contributed by atoms with Gasteiger partial charge in [0.1, 0.15) is 0 Å². The van der Waals surface area contributed by atoms with Gasteiger partial charge < -0.3 is 0 Å². The molecule has 102 valence electrons. The molecule has 0 N–H and O–H groups in total. The average Bonchev–Trinajstić information content (AvgIpc) is 2.52. The summed E-state index contributed by atoms with van der Waals surface area (Å²) in [5.74, 6) is 0. The molecule has 0 saturated carbocycles. The fourth-order valence-electron chi connectivity index (χ4n) is 1.71. The maximum atomic E-state index is 10.5. The molecular weight excluding hydrogens is 264 g/mol. The van der Waals surface area contributed by atoms with E-state index in [1.54, 1.807) is 24.3 Å². The van der Waals surface area contributed by atoms with Crippen LogP contribution in [-0.4, -0.2) is 4.92 Å². The topological polar surface area (TPSA) is 66.9 Å². The number of rotatable bonds is 4. The Kier molecular flexibility index (Phi) is 4.62. The number of non-ortho nitro benzene ring substituents is 1. The highest BCUT2D eigenvalue weighted by Gasteiger charge is 2.01. The zero-order valence-electron chi connectivity index (χ0n) is 11.1. The molecule has 0 atom stereocenters. The Hall–Kier alpha value is -3.19. The molecule has 0 aliphatic carbocycles. The molecule has 0 spiro atoms. The van der Waals surface area contributed by atoms with Crippen LogP contribution in [0.15, 0.2) is 60.7 Å². The minimum atomic E-state index is -0.418. The van der Waals surface area contributed by atoms with Crippen LogP contribution in [0.1, 0.15) is 16.7 Å². The van der Waals surface area contributed by atoms with Crippen molar-refractivity contribution in [1.29, 1.82) is 5.26 Å². The van der Waals surface area contributed by atoms with Gasteiger partial charge in [0.25, 0.3) is 5.69 Å². The van der Waals surface area contributed by atoms with Crippen molar-refractivity contribution >= 4 is 17.8 Å². The monoisotopic (exact) mass is 276 g/mol. The fraction of sp³-hybridized carbons (Fsp3) is 0. The van der Waals surface area contributed by atoms with E-state index < -0.39 is 4.92 Å². The van der Waals surface area contributed by atoms with Crippen LogP contribution < -0.4 is 0 Å². The van der Waals surface area contributed by atoms with Crippen LogP contribution in [0.25, 0.3) is 12.2 Å². The standard InChI is InChI=1S/C17H12N2O2/c18-13-16-7-5-14(6-8-16)3-1-2-4-15-9-11-17(12-10-15)19(20)21/h1-12H/b3-1+,4-2+. The zero-order valence-corrected chi connectivity index (χ0v) is 11.1. The third-order valence-corrected chi connectivity index (χ3v) is 2.83. The van der Waals surface area contributed by atoms with E-state index in [-0.39, 0.29) is 5.69 Å². The molecule has 0 saturated heterocycles. The minimum Gasteiger partial charge on any atom is -0.258 e. The Morgan fingerprint density at radius 3 is 1.81 bits per heavy atom. The maximum absolute atomic E-state index is 10.5. The molecule has 0 aliphatic rings. The van der Waals surface area contributed by atoms with Gasteiger partial charge in [-0.25, -0.2) is 0 Å². The van der Waals surface area contributed by atoms with Gasteiger partial charge in [-0.1, -0.05) is 36.4 Å². The molecule has 2 aromatic rings. The molecule has 0 unspecified atom stereocenters. The van der Waals surface area contributed by atoms with Gasteiger partial charge >= 0.3 is 0 Å². The molecular formula is C17H12N2O2. The number of hydrogen-bond donors (Lipinski definition) is 0. The van der Waals surface area contributed by atoms with Crippen molar-refractivity contribution in [3.63, 3.8) is 0 Å². The second kappa shape index (κ2) is 6.83. The first-order chi connectivity index (χ1) is 10.2. The lowest BCUT2D eigenvalue weighted by Crippen LogP contribution is -1.86. The zero-order chi connectivity index (χ0) is 15.1. The molecule has 2 rings (SSSR count). The summed E-state index contributed by atoms with van der Waals surface area (Å²) < 4.78 is 0. The van der Waals surface area contributed by atoms with Crippen LogP contribution in [0.4, 0.5) is 5.69 Å². The Morgan fingerprint density at radius 1 is 0.905 bits per heavy atom. The van der Waals surface area contributed by atoms with Gasteiger partial charge in [-0.2, -0.15) is 5.26 Å². The van der Waals surface area contributed by atoms with Crippen molar-refractivity contribution < 1.29 is 4.92 Å². The van der Waals surface area contributed by atoms with E-state index in [0.29, 0.717) is 5.56 Å². The molecule has 21 heavy (non-hydrogen) atoms. The van der Waals surface area contributed by atoms with Gasteiger partial charge in [-0.05, 0) is 35.4 Å². The molecule has 0 aromatic heterocycles. The van der Waals surface area contributed by atoms with Crippen LogP contribution in [0, 0.1) is 21.4 Å². The highest BCUT2D eigenvalue weighted by molar-refractivity contribution is 5.58. The summed E-state index contributed by atoms with van der Waals surface area (Å²) in [6.07, 6.45) is 7.52. The van der Waals surface area contributed by atoms with Gasteiger partial charge in [0.15, 0.2) is 0 Å². The van der Waals surface area contributed by atoms with E-state index in [0.717, 1.165) is 11.1 Å². The summed E-state index contributed by atoms with van der Waals surface area (Å²) in [4.78, 5) is 10.1. The highest BCUT2D eigenvalue weighted by atomic mass is 16.6. The molecule has 4 heteroatoms. The molecule has 0 fully saturated rings. The van der Waals surface area contributed by atoms with Gasteiger partial charge in [-0.3, -0.25) is 10.1 Å². The summed E-state index contributed by atoms with van der Waals surface area (Å²) in [5, 5.41) is 19.2. The lowest BCUT2D eigenvalue weighted by molar-refractivity contribution is -0.384. The molecule has 0 amide bonds. The van der Waals surface area contributed by atoms with Crippen molar-refractivity contribution in [3.8, 4) is 6.07 Å². The third-order valence-electron chi connectivity index (χ3n) is 2.83. The van der Waals surface area contributed by atoms with Gasteiger partial charge in [-0.15, -0.1) is 0 Å². The molecule has 2 aromatic carbocycles. The Balaban J connectivity index is 1.99. The lowest BCUT2D eigenvalue weighted by atomic mass is 10.1. The van der Waals surface area contributed by atoms with E-state index in [1.807, 2.05) is 36.4 Å². The van der Waals surface area contributed by atoms with E-state index in [4.69, 9.17) is 5.26 Å². The van der Waals surface area contributed by atoms with Crippen molar-refractivity contribution in [2.24, 2.45) is 0 Å². The first kappa shape index (κ1) is 14.2. The van der Waals surface area contributed by atoms with Crippen LogP contribution >= 0.6 is 0 Å². The molecule has 0 aliphatic heterocycles. The molecule has 4 nitrogen and oxygen atoms in total. The van der Waals surface area contributed by atoms with E-state index in [9.17, 15) is 10.1 Å². The smallest absolute Gasteiger partial charge is 0.258 e. The minimum absolute atomic E-state index is 0.0836. The van der Waals surface area contributed by atoms with Crippen molar-refractivity contribution in [3.05, 3.63) is 87.5 Å². The normalized spacial score (nSPS) is 10.8. The van der Waals surface area contributed by atoms with Gasteiger partial charge in [0.2, 0.25) is 0 Å². The summed E-state index contributed by atoms with van der Waals surface area (Å²) in [6, 6.07) is 15.7. The second-order valence-corrected chi connectivity index (χ2v) is 4.30. The molecule has 0 bridgehead atoms. The van der Waals surface area contributed by atoms with Crippen LogP contribution in [-0.2, 0) is 0 Å². The largest absolute Gasteiger partial charge is 0.269 e. The van der Waals surface area contributed by atoms with Gasteiger partial charge in [0.05, 0.1) is 16.6 Å². The molecule has 0 heterocycles. The number of nitro groups is 1. The molecule has 0 radical (unpaired) electrons. The van der Waals surface area contributed by atoms with Crippen molar-refractivity contribution in [2.45, 2.75) is 0 Å². The quantitative estimate of drug-likeness (QED) is 0.477. The summed E-state index contributed by atoms with van der Waals surface area (Å²) in [6.45, 7) is 0. The summed E-state index contributed by atoms with van der Waals surface area (Å²) in [7, 11) is 0. The Labute approximate surface area is 122 Å². The van der Waals surface area contributed by atoms with Crippen LogP contribution in [0.5, 0.6) is 0 Å². The van der Waals surface area contributed by atoms with Crippen molar-refractivity contribution in [1.82, 2.24) is 0 Å².